The Balaban J connectivity index is 1.21. The lowest BCUT2D eigenvalue weighted by molar-refractivity contribution is -0.131. The number of urea groups is 1. The number of hydrogen-bond donors (Lipinski definition) is 3. The molecule has 7 nitrogen and oxygen atoms in total. The van der Waals surface area contributed by atoms with E-state index in [1.54, 1.807) is 12.4 Å². The molecular weight excluding hydrogens is 402 g/mol. The number of aromatic nitrogens is 2. The first-order chi connectivity index (χ1) is 14.6. The first-order valence-corrected chi connectivity index (χ1v) is 11.0. The van der Waals surface area contributed by atoms with E-state index in [4.69, 9.17) is 11.6 Å². The monoisotopic (exact) mass is 431 g/mol. The highest BCUT2D eigenvalue weighted by Gasteiger charge is 2.22. The van der Waals surface area contributed by atoms with Gasteiger partial charge >= 0.3 is 6.03 Å². The fraction of sp³-hybridized carbons (Fsp3) is 0.500. The zero-order valence-electron chi connectivity index (χ0n) is 17.2. The van der Waals surface area contributed by atoms with E-state index >= 15 is 0 Å². The summed E-state index contributed by atoms with van der Waals surface area (Å²) in [4.78, 5) is 26.2. The van der Waals surface area contributed by atoms with E-state index in [2.05, 4.69) is 20.8 Å². The maximum Gasteiger partial charge on any atom is 0.315 e. The van der Waals surface area contributed by atoms with Gasteiger partial charge in [-0.05, 0) is 48.4 Å². The third kappa shape index (κ3) is 7.37. The van der Waals surface area contributed by atoms with Crippen LogP contribution in [-0.4, -0.2) is 46.7 Å². The lowest BCUT2D eigenvalue weighted by Gasteiger charge is -2.32. The topological polar surface area (TPSA) is 90.1 Å². The quantitative estimate of drug-likeness (QED) is 0.530. The van der Waals surface area contributed by atoms with Crippen LogP contribution in [-0.2, 0) is 17.8 Å². The standard InChI is InChI=1S/C22H30ClN5O2/c23-20-6-4-18(5-7-20)14-25-22(30)24-10-2-1-3-17-8-11-28(12-9-17)21(29)13-19-15-26-27-16-19/h4-7,15-17H,1-3,8-14H2,(H,26,27)(H2,24,25,30). The molecule has 8 heteroatoms. The van der Waals surface area contributed by atoms with E-state index in [1.807, 2.05) is 29.2 Å². The first-order valence-electron chi connectivity index (χ1n) is 10.6. The minimum atomic E-state index is -0.144. The Morgan fingerprint density at radius 2 is 1.87 bits per heavy atom. The SMILES string of the molecule is O=C(NCCCCC1CCN(C(=O)Cc2cn[nH]c2)CC1)NCc1ccc(Cl)cc1. The van der Waals surface area contributed by atoms with Gasteiger partial charge in [0.05, 0.1) is 12.6 Å². The molecule has 3 amide bonds. The van der Waals surface area contributed by atoms with Crippen LogP contribution in [0.25, 0.3) is 0 Å². The van der Waals surface area contributed by atoms with Gasteiger partial charge < -0.3 is 15.5 Å². The number of H-pyrrole nitrogens is 1. The number of amides is 3. The number of aromatic amines is 1. The summed E-state index contributed by atoms with van der Waals surface area (Å²) in [6.07, 6.45) is 9.23. The van der Waals surface area contributed by atoms with E-state index in [-0.39, 0.29) is 11.9 Å². The van der Waals surface area contributed by atoms with E-state index < -0.39 is 0 Å². The number of nitrogens with zero attached hydrogens (tertiary/aromatic N) is 2. The number of rotatable bonds is 9. The molecule has 1 saturated heterocycles. The summed E-state index contributed by atoms with van der Waals surface area (Å²) in [5.74, 6) is 0.852. The molecule has 1 aromatic carbocycles. The Morgan fingerprint density at radius 3 is 2.57 bits per heavy atom. The number of carbonyl (C=O) groups excluding carboxylic acids is 2. The van der Waals surface area contributed by atoms with Gasteiger partial charge in [0.25, 0.3) is 0 Å². The molecule has 1 aromatic heterocycles. The molecule has 3 N–H and O–H groups in total. The van der Waals surface area contributed by atoms with Crippen molar-refractivity contribution in [3.05, 3.63) is 52.8 Å². The van der Waals surface area contributed by atoms with Crippen molar-refractivity contribution in [2.24, 2.45) is 5.92 Å². The summed E-state index contributed by atoms with van der Waals surface area (Å²) in [7, 11) is 0. The number of halogens is 1. The van der Waals surface area contributed by atoms with Gasteiger partial charge in [0.2, 0.25) is 5.91 Å². The smallest absolute Gasteiger partial charge is 0.315 e. The molecule has 3 rings (SSSR count). The van der Waals surface area contributed by atoms with Crippen LogP contribution < -0.4 is 10.6 Å². The summed E-state index contributed by atoms with van der Waals surface area (Å²) in [6, 6.07) is 7.29. The number of piperidine rings is 1. The summed E-state index contributed by atoms with van der Waals surface area (Å²) in [5.41, 5.74) is 1.95. The molecule has 1 aliphatic heterocycles. The van der Waals surface area contributed by atoms with Crippen LogP contribution in [0.15, 0.2) is 36.7 Å². The van der Waals surface area contributed by atoms with Gasteiger partial charge in [-0.15, -0.1) is 0 Å². The number of unbranched alkanes of at least 4 members (excludes halogenated alkanes) is 1. The second-order valence-electron chi connectivity index (χ2n) is 7.84. The Labute approximate surface area is 182 Å². The number of hydrogen-bond acceptors (Lipinski definition) is 3. The summed E-state index contributed by atoms with van der Waals surface area (Å²) >= 11 is 5.86. The predicted molar refractivity (Wildman–Crippen MR) is 117 cm³/mol. The Hall–Kier alpha value is -2.54. The van der Waals surface area contributed by atoms with E-state index in [0.717, 1.165) is 56.3 Å². The van der Waals surface area contributed by atoms with Crippen LogP contribution in [0.3, 0.4) is 0 Å². The highest BCUT2D eigenvalue weighted by atomic mass is 35.5. The van der Waals surface area contributed by atoms with Gasteiger partial charge in [0.1, 0.15) is 0 Å². The van der Waals surface area contributed by atoms with Crippen LogP contribution in [0.4, 0.5) is 4.79 Å². The van der Waals surface area contributed by atoms with Crippen LogP contribution in [0.1, 0.15) is 43.2 Å². The van der Waals surface area contributed by atoms with E-state index in [9.17, 15) is 9.59 Å². The molecule has 0 saturated carbocycles. The lowest BCUT2D eigenvalue weighted by atomic mass is 9.91. The second kappa shape index (κ2) is 11.6. The largest absolute Gasteiger partial charge is 0.342 e. The van der Waals surface area contributed by atoms with Crippen LogP contribution in [0.2, 0.25) is 5.02 Å². The van der Waals surface area contributed by atoms with Gasteiger partial charge in [0.15, 0.2) is 0 Å². The molecule has 0 radical (unpaired) electrons. The molecule has 0 spiro atoms. The van der Waals surface area contributed by atoms with Gasteiger partial charge in [-0.25, -0.2) is 4.79 Å². The maximum atomic E-state index is 12.3. The zero-order valence-corrected chi connectivity index (χ0v) is 18.0. The maximum absolute atomic E-state index is 12.3. The third-order valence-electron chi connectivity index (χ3n) is 5.57. The number of carbonyl (C=O) groups is 2. The average Bonchev–Trinajstić information content (AvgIpc) is 3.26. The van der Waals surface area contributed by atoms with E-state index in [1.165, 1.54) is 0 Å². The van der Waals surface area contributed by atoms with Crippen molar-refractivity contribution in [2.45, 2.75) is 45.1 Å². The van der Waals surface area contributed by atoms with Crippen molar-refractivity contribution in [1.29, 1.82) is 0 Å². The second-order valence-corrected chi connectivity index (χ2v) is 8.28. The number of benzene rings is 1. The van der Waals surface area contributed by atoms with Crippen molar-refractivity contribution in [2.75, 3.05) is 19.6 Å². The summed E-state index contributed by atoms with van der Waals surface area (Å²) in [5, 5.41) is 13.1. The van der Waals surface area contributed by atoms with Crippen molar-refractivity contribution >= 4 is 23.5 Å². The minimum absolute atomic E-state index is 0.144. The van der Waals surface area contributed by atoms with Crippen LogP contribution in [0.5, 0.6) is 0 Å². The number of nitrogens with one attached hydrogen (secondary N) is 3. The molecule has 1 fully saturated rings. The Morgan fingerprint density at radius 1 is 1.10 bits per heavy atom. The van der Waals surface area contributed by atoms with Crippen molar-refractivity contribution in [3.8, 4) is 0 Å². The highest BCUT2D eigenvalue weighted by Crippen LogP contribution is 2.23. The molecule has 0 aliphatic carbocycles. The molecule has 2 aromatic rings. The summed E-state index contributed by atoms with van der Waals surface area (Å²) in [6.45, 7) is 2.84. The van der Waals surface area contributed by atoms with Crippen molar-refractivity contribution in [3.63, 3.8) is 0 Å². The fourth-order valence-corrected chi connectivity index (χ4v) is 3.86. The van der Waals surface area contributed by atoms with Gasteiger partial charge in [-0.2, -0.15) is 5.10 Å². The average molecular weight is 432 g/mol. The van der Waals surface area contributed by atoms with Crippen LogP contribution in [0, 0.1) is 5.92 Å². The van der Waals surface area contributed by atoms with Crippen molar-refractivity contribution < 1.29 is 9.59 Å². The first kappa shape index (κ1) is 22.2. The zero-order chi connectivity index (χ0) is 21.2. The highest BCUT2D eigenvalue weighted by molar-refractivity contribution is 6.30. The van der Waals surface area contributed by atoms with Gasteiger partial charge in [-0.3, -0.25) is 9.89 Å². The van der Waals surface area contributed by atoms with Crippen LogP contribution >= 0.6 is 11.6 Å². The summed E-state index contributed by atoms with van der Waals surface area (Å²) < 4.78 is 0. The number of likely N-dealkylation sites (tertiary alicyclic amines) is 1. The Bertz CT molecular complexity index is 786. The molecule has 0 bridgehead atoms. The molecular formula is C22H30ClN5O2. The van der Waals surface area contributed by atoms with Crippen molar-refractivity contribution in [1.82, 2.24) is 25.7 Å². The Kier molecular flexibility index (Phi) is 8.56. The van der Waals surface area contributed by atoms with Gasteiger partial charge in [-0.1, -0.05) is 36.6 Å². The normalized spacial score (nSPS) is 14.5. The van der Waals surface area contributed by atoms with E-state index in [0.29, 0.717) is 30.5 Å². The molecule has 0 unspecified atom stereocenters. The predicted octanol–water partition coefficient (Wildman–Crippen LogP) is 3.51. The minimum Gasteiger partial charge on any atom is -0.342 e. The fourth-order valence-electron chi connectivity index (χ4n) is 3.74. The molecule has 0 atom stereocenters. The third-order valence-corrected chi connectivity index (χ3v) is 5.82. The molecule has 1 aliphatic rings. The lowest BCUT2D eigenvalue weighted by Crippen LogP contribution is -2.39. The molecule has 162 valence electrons. The molecule has 30 heavy (non-hydrogen) atoms. The van der Waals surface area contributed by atoms with Gasteiger partial charge in [0, 0.05) is 37.4 Å². The molecule has 2 heterocycles.